The molecule has 116 valence electrons. The van der Waals surface area contributed by atoms with Gasteiger partial charge in [0.15, 0.2) is 0 Å². The predicted molar refractivity (Wildman–Crippen MR) is 84.7 cm³/mol. The van der Waals surface area contributed by atoms with E-state index in [4.69, 9.17) is 0 Å². The molecular weight excluding hydrogens is 263 g/mol. The molecule has 3 rings (SSSR count). The summed E-state index contributed by atoms with van der Waals surface area (Å²) in [5, 5.41) is 3.72. The third-order valence-corrected chi connectivity index (χ3v) is 5.09. The lowest BCUT2D eigenvalue weighted by Gasteiger charge is -2.49. The topological polar surface area (TPSA) is 15.3 Å². The third-order valence-electron chi connectivity index (χ3n) is 5.09. The molecule has 2 nitrogen and oxygen atoms in total. The molecule has 21 heavy (non-hydrogen) atoms. The van der Waals surface area contributed by atoms with Gasteiger partial charge in [0.05, 0.1) is 0 Å². The number of nitrogens with one attached hydrogen (secondary N) is 1. The van der Waals surface area contributed by atoms with E-state index in [0.717, 1.165) is 13.1 Å². The van der Waals surface area contributed by atoms with Crippen LogP contribution in [0.2, 0.25) is 0 Å². The summed E-state index contributed by atoms with van der Waals surface area (Å²) >= 11 is 0. The Labute approximate surface area is 127 Å². The number of rotatable bonds is 5. The van der Waals surface area contributed by atoms with E-state index >= 15 is 0 Å². The van der Waals surface area contributed by atoms with Crippen molar-refractivity contribution in [3.63, 3.8) is 0 Å². The van der Waals surface area contributed by atoms with E-state index in [0.29, 0.717) is 18.1 Å². The van der Waals surface area contributed by atoms with E-state index in [-0.39, 0.29) is 5.82 Å². The SMILES string of the molecule is CCCNC1CC2CCCC(C1)N2Cc1ccc(F)cc1. The number of benzene rings is 1. The van der Waals surface area contributed by atoms with Crippen LogP contribution in [0.1, 0.15) is 51.0 Å². The molecule has 2 unspecified atom stereocenters. The highest BCUT2D eigenvalue weighted by Crippen LogP contribution is 2.35. The predicted octanol–water partition coefficient (Wildman–Crippen LogP) is 3.71. The van der Waals surface area contributed by atoms with Crippen molar-refractivity contribution >= 4 is 0 Å². The normalized spacial score (nSPS) is 29.5. The fourth-order valence-electron chi connectivity index (χ4n) is 4.05. The summed E-state index contributed by atoms with van der Waals surface area (Å²) in [7, 11) is 0. The summed E-state index contributed by atoms with van der Waals surface area (Å²) in [5.74, 6) is -0.138. The van der Waals surface area contributed by atoms with Gasteiger partial charge in [0.2, 0.25) is 0 Å². The van der Waals surface area contributed by atoms with Gasteiger partial charge in [0.1, 0.15) is 5.82 Å². The fourth-order valence-corrected chi connectivity index (χ4v) is 4.05. The average molecular weight is 290 g/mol. The molecular formula is C18H27FN2. The first-order chi connectivity index (χ1) is 10.3. The highest BCUT2D eigenvalue weighted by atomic mass is 19.1. The molecule has 0 radical (unpaired) electrons. The Bertz CT molecular complexity index is 431. The summed E-state index contributed by atoms with van der Waals surface area (Å²) in [6, 6.07) is 9.15. The Morgan fingerprint density at radius 3 is 2.43 bits per heavy atom. The zero-order valence-electron chi connectivity index (χ0n) is 13.0. The summed E-state index contributed by atoms with van der Waals surface area (Å²) in [6.07, 6.45) is 7.78. The van der Waals surface area contributed by atoms with Crippen molar-refractivity contribution in [1.82, 2.24) is 10.2 Å². The molecule has 2 aliphatic rings. The summed E-state index contributed by atoms with van der Waals surface area (Å²) in [4.78, 5) is 2.68. The van der Waals surface area contributed by atoms with Crippen LogP contribution in [0, 0.1) is 5.82 Å². The second-order valence-corrected chi connectivity index (χ2v) is 6.66. The monoisotopic (exact) mass is 290 g/mol. The van der Waals surface area contributed by atoms with Gasteiger partial charge in [-0.25, -0.2) is 4.39 Å². The molecule has 1 aromatic carbocycles. The van der Waals surface area contributed by atoms with Crippen LogP contribution in [0.3, 0.4) is 0 Å². The molecule has 2 heterocycles. The van der Waals surface area contributed by atoms with Gasteiger partial charge in [-0.1, -0.05) is 25.5 Å². The molecule has 0 spiro atoms. The molecule has 0 aliphatic carbocycles. The van der Waals surface area contributed by atoms with Crippen molar-refractivity contribution in [3.05, 3.63) is 35.6 Å². The summed E-state index contributed by atoms with van der Waals surface area (Å²) in [6.45, 7) is 4.36. The lowest BCUT2D eigenvalue weighted by Crippen LogP contribution is -2.55. The van der Waals surface area contributed by atoms with E-state index in [1.165, 1.54) is 44.1 Å². The molecule has 3 heteroatoms. The Kier molecular flexibility index (Phi) is 4.91. The molecule has 2 atom stereocenters. The average Bonchev–Trinajstić information content (AvgIpc) is 2.47. The number of fused-ring (bicyclic) bond motifs is 2. The minimum atomic E-state index is -0.138. The van der Waals surface area contributed by atoms with Crippen molar-refractivity contribution < 1.29 is 4.39 Å². The zero-order valence-corrected chi connectivity index (χ0v) is 13.0. The number of hydrogen-bond acceptors (Lipinski definition) is 2. The van der Waals surface area contributed by atoms with Crippen LogP contribution in [0.4, 0.5) is 4.39 Å². The smallest absolute Gasteiger partial charge is 0.123 e. The minimum absolute atomic E-state index is 0.138. The number of halogens is 1. The first kappa shape index (κ1) is 15.0. The van der Waals surface area contributed by atoms with Gasteiger partial charge < -0.3 is 5.32 Å². The first-order valence-corrected chi connectivity index (χ1v) is 8.50. The number of piperidine rings is 2. The van der Waals surface area contributed by atoms with Crippen LogP contribution in [-0.4, -0.2) is 29.6 Å². The highest BCUT2D eigenvalue weighted by Gasteiger charge is 2.37. The molecule has 2 aliphatic heterocycles. The summed E-state index contributed by atoms with van der Waals surface area (Å²) in [5.41, 5.74) is 1.24. The van der Waals surface area contributed by atoms with Crippen LogP contribution in [-0.2, 0) is 6.54 Å². The van der Waals surface area contributed by atoms with E-state index in [1.54, 1.807) is 12.1 Å². The van der Waals surface area contributed by atoms with Crippen molar-refractivity contribution in [2.45, 2.75) is 70.1 Å². The lowest BCUT2D eigenvalue weighted by molar-refractivity contribution is 0.0177. The van der Waals surface area contributed by atoms with Crippen molar-refractivity contribution in [2.75, 3.05) is 6.54 Å². The van der Waals surface area contributed by atoms with Gasteiger partial charge in [0.25, 0.3) is 0 Å². The second-order valence-electron chi connectivity index (χ2n) is 6.66. The third kappa shape index (κ3) is 3.64. The largest absolute Gasteiger partial charge is 0.314 e. The molecule has 2 bridgehead atoms. The fraction of sp³-hybridized carbons (Fsp3) is 0.667. The van der Waals surface area contributed by atoms with Crippen LogP contribution >= 0.6 is 0 Å². The van der Waals surface area contributed by atoms with E-state index in [1.807, 2.05) is 12.1 Å². The van der Waals surface area contributed by atoms with Gasteiger partial charge in [0, 0.05) is 24.7 Å². The van der Waals surface area contributed by atoms with Gasteiger partial charge in [-0.3, -0.25) is 4.90 Å². The molecule has 1 N–H and O–H groups in total. The maximum atomic E-state index is 13.0. The quantitative estimate of drug-likeness (QED) is 0.889. The van der Waals surface area contributed by atoms with Gasteiger partial charge in [-0.2, -0.15) is 0 Å². The molecule has 0 amide bonds. The number of nitrogens with zero attached hydrogens (tertiary/aromatic N) is 1. The minimum Gasteiger partial charge on any atom is -0.314 e. The molecule has 0 aromatic heterocycles. The Morgan fingerprint density at radius 2 is 1.81 bits per heavy atom. The van der Waals surface area contributed by atoms with E-state index in [9.17, 15) is 4.39 Å². The lowest BCUT2D eigenvalue weighted by atomic mass is 9.81. The van der Waals surface area contributed by atoms with Crippen molar-refractivity contribution in [3.8, 4) is 0 Å². The summed E-state index contributed by atoms with van der Waals surface area (Å²) < 4.78 is 13.0. The molecule has 2 fully saturated rings. The standard InChI is InChI=1S/C18H27FN2/c1-2-10-20-16-11-17-4-3-5-18(12-16)21(17)13-14-6-8-15(19)9-7-14/h6-9,16-18,20H,2-5,10-13H2,1H3. The van der Waals surface area contributed by atoms with E-state index < -0.39 is 0 Å². The molecule has 1 aromatic rings. The van der Waals surface area contributed by atoms with Crippen LogP contribution in [0.25, 0.3) is 0 Å². The van der Waals surface area contributed by atoms with Crippen LogP contribution < -0.4 is 5.32 Å². The highest BCUT2D eigenvalue weighted by molar-refractivity contribution is 5.16. The Balaban J connectivity index is 1.64. The Morgan fingerprint density at radius 1 is 1.14 bits per heavy atom. The van der Waals surface area contributed by atoms with Crippen LogP contribution in [0.15, 0.2) is 24.3 Å². The number of hydrogen-bond donors (Lipinski definition) is 1. The van der Waals surface area contributed by atoms with E-state index in [2.05, 4.69) is 17.1 Å². The van der Waals surface area contributed by atoms with Crippen LogP contribution in [0.5, 0.6) is 0 Å². The maximum Gasteiger partial charge on any atom is 0.123 e. The zero-order chi connectivity index (χ0) is 14.7. The maximum absolute atomic E-state index is 13.0. The Hall–Kier alpha value is -0.930. The molecule has 0 saturated carbocycles. The van der Waals surface area contributed by atoms with Gasteiger partial charge in [-0.05, 0) is 56.3 Å². The van der Waals surface area contributed by atoms with Gasteiger partial charge in [-0.15, -0.1) is 0 Å². The van der Waals surface area contributed by atoms with Crippen molar-refractivity contribution in [2.24, 2.45) is 0 Å². The molecule has 2 saturated heterocycles. The van der Waals surface area contributed by atoms with Gasteiger partial charge >= 0.3 is 0 Å². The van der Waals surface area contributed by atoms with Crippen molar-refractivity contribution in [1.29, 1.82) is 0 Å². The first-order valence-electron chi connectivity index (χ1n) is 8.50. The second kappa shape index (κ2) is 6.89.